The Labute approximate surface area is 123 Å². The Morgan fingerprint density at radius 3 is 2.12 bits per heavy atom. The normalized spacial score (nSPS) is 19.1. The second-order valence-corrected chi connectivity index (χ2v) is 7.88. The third kappa shape index (κ3) is 4.19. The molecule has 4 atom stereocenters. The molecule has 1 nitrogen and oxygen atoms in total. The molecule has 1 heterocycles. The smallest absolute Gasteiger partial charge is 0.0478 e. The molecular weight excluding hydrogens is 398 g/mol. The van der Waals surface area contributed by atoms with Crippen molar-refractivity contribution < 1.29 is 0 Å². The Kier molecular flexibility index (Phi) is 6.67. The van der Waals surface area contributed by atoms with E-state index in [4.69, 9.17) is 0 Å². The second kappa shape index (κ2) is 7.22. The van der Waals surface area contributed by atoms with Crippen molar-refractivity contribution in [3.8, 4) is 0 Å². The number of aromatic nitrogens is 1. The van der Waals surface area contributed by atoms with E-state index in [1.807, 2.05) is 0 Å². The molecule has 0 radical (unpaired) electrons. The molecule has 0 spiro atoms. The molecule has 0 aliphatic rings. The van der Waals surface area contributed by atoms with Gasteiger partial charge in [-0.1, -0.05) is 61.6 Å². The molecule has 0 aromatic carbocycles. The third-order valence-electron chi connectivity index (χ3n) is 2.69. The van der Waals surface area contributed by atoms with Gasteiger partial charge in [0.05, 0.1) is 0 Å². The van der Waals surface area contributed by atoms with Crippen LogP contribution in [0.1, 0.15) is 32.7 Å². The summed E-state index contributed by atoms with van der Waals surface area (Å²) >= 11 is 11.2. The molecule has 4 heteroatoms. The lowest BCUT2D eigenvalue weighted by Crippen LogP contribution is -2.27. The number of hydrogen-bond donors (Lipinski definition) is 0. The Bertz CT molecular complexity index is 284. The molecule has 0 saturated carbocycles. The van der Waals surface area contributed by atoms with Crippen molar-refractivity contribution in [3.05, 3.63) is 24.5 Å². The maximum absolute atomic E-state index is 3.83. The van der Waals surface area contributed by atoms with Gasteiger partial charge in [0.1, 0.15) is 0 Å². The van der Waals surface area contributed by atoms with Gasteiger partial charge in [0.25, 0.3) is 0 Å². The monoisotopic (exact) mass is 413 g/mol. The fraction of sp³-hybridized carbons (Fsp3) is 0.667. The average molecular weight is 416 g/mol. The maximum atomic E-state index is 3.83. The summed E-state index contributed by atoms with van der Waals surface area (Å²) in [5, 5.41) is 0. The summed E-state index contributed by atoms with van der Waals surface area (Å²) in [6.07, 6.45) is 6.52. The first-order valence-electron chi connectivity index (χ1n) is 5.61. The zero-order valence-electron chi connectivity index (χ0n) is 9.61. The SMILES string of the molecule is CCC(C(Br)C(Br)CC(C)Br)n1cccc1. The lowest BCUT2D eigenvalue weighted by atomic mass is 10.1. The highest BCUT2D eigenvalue weighted by Gasteiger charge is 2.25. The highest BCUT2D eigenvalue weighted by atomic mass is 79.9. The lowest BCUT2D eigenvalue weighted by molar-refractivity contribution is 0.460. The molecular formula is C12H18Br3N. The summed E-state index contributed by atoms with van der Waals surface area (Å²) in [6.45, 7) is 4.42. The van der Waals surface area contributed by atoms with Gasteiger partial charge in [0, 0.05) is 32.9 Å². The fourth-order valence-electron chi connectivity index (χ4n) is 1.85. The molecule has 0 aliphatic heterocycles. The van der Waals surface area contributed by atoms with Crippen molar-refractivity contribution >= 4 is 47.8 Å². The minimum atomic E-state index is 0.449. The zero-order chi connectivity index (χ0) is 12.1. The van der Waals surface area contributed by atoms with Gasteiger partial charge in [-0.2, -0.15) is 0 Å². The molecule has 0 amide bonds. The maximum Gasteiger partial charge on any atom is 0.0478 e. The van der Waals surface area contributed by atoms with E-state index in [1.165, 1.54) is 0 Å². The molecule has 1 rings (SSSR count). The largest absolute Gasteiger partial charge is 0.350 e. The van der Waals surface area contributed by atoms with Crippen LogP contribution in [0.4, 0.5) is 0 Å². The highest BCUT2D eigenvalue weighted by molar-refractivity contribution is 9.12. The summed E-state index contributed by atoms with van der Waals surface area (Å²) in [7, 11) is 0. The van der Waals surface area contributed by atoms with Crippen LogP contribution in [-0.2, 0) is 0 Å². The molecule has 0 saturated heterocycles. The molecule has 16 heavy (non-hydrogen) atoms. The molecule has 1 aromatic heterocycles. The van der Waals surface area contributed by atoms with E-state index in [9.17, 15) is 0 Å². The van der Waals surface area contributed by atoms with E-state index in [-0.39, 0.29) is 0 Å². The van der Waals surface area contributed by atoms with Crippen LogP contribution in [0.25, 0.3) is 0 Å². The molecule has 0 N–H and O–H groups in total. The van der Waals surface area contributed by atoms with Crippen molar-refractivity contribution in [3.63, 3.8) is 0 Å². The van der Waals surface area contributed by atoms with Crippen LogP contribution in [0.15, 0.2) is 24.5 Å². The zero-order valence-corrected chi connectivity index (χ0v) is 14.4. The van der Waals surface area contributed by atoms with Gasteiger partial charge in [-0.15, -0.1) is 0 Å². The molecule has 0 aliphatic carbocycles. The van der Waals surface area contributed by atoms with E-state index >= 15 is 0 Å². The summed E-state index contributed by atoms with van der Waals surface area (Å²) in [4.78, 5) is 1.47. The Hall–Kier alpha value is 0.720. The third-order valence-corrected chi connectivity index (χ3v) is 5.97. The van der Waals surface area contributed by atoms with Crippen LogP contribution in [0, 0.1) is 0 Å². The van der Waals surface area contributed by atoms with E-state index in [2.05, 4.69) is 90.7 Å². The number of rotatable bonds is 6. The number of hydrogen-bond acceptors (Lipinski definition) is 0. The Morgan fingerprint density at radius 2 is 1.69 bits per heavy atom. The quantitative estimate of drug-likeness (QED) is 0.567. The standard InChI is InChI=1S/C12H18Br3N/c1-3-11(16-6-4-5-7-16)12(15)10(14)8-9(2)13/h4-7,9-12H,3,8H2,1-2H3. The van der Waals surface area contributed by atoms with Crippen molar-refractivity contribution in [1.82, 2.24) is 4.57 Å². The lowest BCUT2D eigenvalue weighted by Gasteiger charge is -2.27. The number of halogens is 3. The fourth-order valence-corrected chi connectivity index (χ4v) is 4.53. The van der Waals surface area contributed by atoms with Gasteiger partial charge in [-0.3, -0.25) is 0 Å². The van der Waals surface area contributed by atoms with Gasteiger partial charge in [-0.25, -0.2) is 0 Å². The number of nitrogens with zero attached hydrogens (tertiary/aromatic N) is 1. The first kappa shape index (κ1) is 14.8. The Balaban J connectivity index is 2.66. The molecule has 1 aromatic rings. The van der Waals surface area contributed by atoms with Crippen LogP contribution in [-0.4, -0.2) is 19.0 Å². The predicted octanol–water partition coefficient (Wildman–Crippen LogP) is 5.14. The minimum Gasteiger partial charge on any atom is -0.350 e. The van der Waals surface area contributed by atoms with E-state index in [0.29, 0.717) is 20.5 Å². The van der Waals surface area contributed by atoms with E-state index < -0.39 is 0 Å². The number of alkyl halides is 3. The average Bonchev–Trinajstić information content (AvgIpc) is 2.71. The summed E-state index contributed by atoms with van der Waals surface area (Å²) in [5.41, 5.74) is 0. The van der Waals surface area contributed by atoms with Gasteiger partial charge in [-0.05, 0) is 25.0 Å². The molecule has 4 unspecified atom stereocenters. The molecule has 92 valence electrons. The first-order chi connectivity index (χ1) is 7.56. The minimum absolute atomic E-state index is 0.449. The van der Waals surface area contributed by atoms with Crippen molar-refractivity contribution in [2.45, 2.75) is 47.2 Å². The predicted molar refractivity (Wildman–Crippen MR) is 82.2 cm³/mol. The molecule has 0 bridgehead atoms. The van der Waals surface area contributed by atoms with Gasteiger partial charge in [0.15, 0.2) is 0 Å². The van der Waals surface area contributed by atoms with E-state index in [1.54, 1.807) is 0 Å². The van der Waals surface area contributed by atoms with Gasteiger partial charge < -0.3 is 4.57 Å². The van der Waals surface area contributed by atoms with Crippen molar-refractivity contribution in [2.24, 2.45) is 0 Å². The summed E-state index contributed by atoms with van der Waals surface area (Å²) < 4.78 is 2.28. The summed E-state index contributed by atoms with van der Waals surface area (Å²) in [5.74, 6) is 0. The first-order valence-corrected chi connectivity index (χ1v) is 8.35. The Morgan fingerprint density at radius 1 is 1.12 bits per heavy atom. The second-order valence-electron chi connectivity index (χ2n) is 4.08. The van der Waals surface area contributed by atoms with Crippen LogP contribution in [0.3, 0.4) is 0 Å². The summed E-state index contributed by atoms with van der Waals surface area (Å²) in [6, 6.07) is 4.67. The van der Waals surface area contributed by atoms with Gasteiger partial charge in [0.2, 0.25) is 0 Å². The van der Waals surface area contributed by atoms with Crippen LogP contribution in [0.5, 0.6) is 0 Å². The van der Waals surface area contributed by atoms with Crippen molar-refractivity contribution in [1.29, 1.82) is 0 Å². The van der Waals surface area contributed by atoms with Crippen LogP contribution >= 0.6 is 47.8 Å². The topological polar surface area (TPSA) is 4.93 Å². The van der Waals surface area contributed by atoms with Crippen LogP contribution in [0.2, 0.25) is 0 Å². The molecule has 0 fully saturated rings. The van der Waals surface area contributed by atoms with E-state index in [0.717, 1.165) is 12.8 Å². The van der Waals surface area contributed by atoms with Gasteiger partial charge >= 0.3 is 0 Å². The van der Waals surface area contributed by atoms with Crippen molar-refractivity contribution in [2.75, 3.05) is 0 Å². The highest BCUT2D eigenvalue weighted by Crippen LogP contribution is 2.32. The van der Waals surface area contributed by atoms with Crippen LogP contribution < -0.4 is 0 Å².